The number of benzene rings is 2. The van der Waals surface area contributed by atoms with Crippen molar-refractivity contribution in [3.63, 3.8) is 0 Å². The molecule has 0 aromatic heterocycles. The predicted molar refractivity (Wildman–Crippen MR) is 127 cm³/mol. The molecule has 4 unspecified atom stereocenters. The van der Waals surface area contributed by atoms with Gasteiger partial charge in [0.15, 0.2) is 0 Å². The Kier molecular flexibility index (Phi) is 9.52. The summed E-state index contributed by atoms with van der Waals surface area (Å²) >= 11 is 0. The highest BCUT2D eigenvalue weighted by Crippen LogP contribution is 2.36. The minimum atomic E-state index is -1.30. The Morgan fingerprint density at radius 3 is 2.19 bits per heavy atom. The van der Waals surface area contributed by atoms with Crippen molar-refractivity contribution in [1.29, 1.82) is 0 Å². The molecule has 0 heterocycles. The van der Waals surface area contributed by atoms with E-state index >= 15 is 0 Å². The van der Waals surface area contributed by atoms with Gasteiger partial charge in [-0.05, 0) is 80.5 Å². The Morgan fingerprint density at radius 1 is 0.839 bits per heavy atom. The van der Waals surface area contributed by atoms with Gasteiger partial charge in [0.1, 0.15) is 12.3 Å². The maximum absolute atomic E-state index is 13.8. The summed E-state index contributed by atoms with van der Waals surface area (Å²) in [6, 6.07) is 20.0. The number of nitrogens with zero attached hydrogens (tertiary/aromatic N) is 1. The van der Waals surface area contributed by atoms with Crippen LogP contribution in [0.1, 0.15) is 75.0 Å². The maximum atomic E-state index is 13.8. The van der Waals surface area contributed by atoms with Crippen LogP contribution in [0.5, 0.6) is 0 Å². The standard InChI is InChI=1S/C28H39F2N/c1-3-19-31(20-18-22-8-6-5-7-9-22)26(4-2)16-12-23-10-13-24(14-11-23)25-15-17-27(29)28(30)21-25/h5-11,13-14,25-28H,3-4,12,15-21H2,1-2H3. The quantitative estimate of drug-likeness (QED) is 0.364. The van der Waals surface area contributed by atoms with E-state index in [1.165, 1.54) is 23.1 Å². The van der Waals surface area contributed by atoms with Crippen LogP contribution in [0.15, 0.2) is 54.6 Å². The summed E-state index contributed by atoms with van der Waals surface area (Å²) in [6.45, 7) is 6.82. The van der Waals surface area contributed by atoms with Gasteiger partial charge in [0, 0.05) is 12.6 Å². The lowest BCUT2D eigenvalue weighted by Crippen LogP contribution is -2.37. The Balaban J connectivity index is 1.53. The highest BCUT2D eigenvalue weighted by molar-refractivity contribution is 5.26. The summed E-state index contributed by atoms with van der Waals surface area (Å²) in [4.78, 5) is 2.66. The number of rotatable bonds is 11. The molecule has 0 saturated heterocycles. The van der Waals surface area contributed by atoms with E-state index < -0.39 is 12.3 Å². The van der Waals surface area contributed by atoms with Gasteiger partial charge in [-0.15, -0.1) is 0 Å². The van der Waals surface area contributed by atoms with Crippen LogP contribution in [0.25, 0.3) is 0 Å². The Morgan fingerprint density at radius 2 is 1.55 bits per heavy atom. The van der Waals surface area contributed by atoms with Crippen molar-refractivity contribution in [3.05, 3.63) is 71.3 Å². The molecular formula is C28H39F2N. The molecule has 1 saturated carbocycles. The van der Waals surface area contributed by atoms with Gasteiger partial charge in [0.2, 0.25) is 0 Å². The second kappa shape index (κ2) is 12.3. The van der Waals surface area contributed by atoms with Crippen molar-refractivity contribution in [2.24, 2.45) is 0 Å². The van der Waals surface area contributed by atoms with Crippen LogP contribution in [0.2, 0.25) is 0 Å². The zero-order valence-corrected chi connectivity index (χ0v) is 19.3. The van der Waals surface area contributed by atoms with Crippen molar-refractivity contribution in [2.45, 2.75) is 89.5 Å². The van der Waals surface area contributed by atoms with Gasteiger partial charge in [-0.1, -0.05) is 68.4 Å². The minimum Gasteiger partial charge on any atom is -0.300 e. The Hall–Kier alpha value is -1.74. The third-order valence-electron chi connectivity index (χ3n) is 6.94. The third-order valence-corrected chi connectivity index (χ3v) is 6.94. The van der Waals surface area contributed by atoms with E-state index in [1.54, 1.807) is 0 Å². The molecule has 1 fully saturated rings. The average Bonchev–Trinajstić information content (AvgIpc) is 2.80. The monoisotopic (exact) mass is 427 g/mol. The lowest BCUT2D eigenvalue weighted by atomic mass is 9.82. The van der Waals surface area contributed by atoms with E-state index in [4.69, 9.17) is 0 Å². The van der Waals surface area contributed by atoms with Gasteiger partial charge in [-0.3, -0.25) is 0 Å². The fourth-order valence-electron chi connectivity index (χ4n) is 5.00. The molecule has 4 atom stereocenters. The van der Waals surface area contributed by atoms with Crippen molar-refractivity contribution in [3.8, 4) is 0 Å². The van der Waals surface area contributed by atoms with Crippen LogP contribution in [-0.4, -0.2) is 36.4 Å². The fourth-order valence-corrected chi connectivity index (χ4v) is 5.00. The number of alkyl halides is 2. The second-order valence-corrected chi connectivity index (χ2v) is 9.16. The molecule has 0 radical (unpaired) electrons. The SMILES string of the molecule is CCCN(CCc1ccccc1)C(CC)CCc1ccc(C2CCC(F)C(F)C2)cc1. The number of hydrogen-bond acceptors (Lipinski definition) is 1. The first kappa shape index (κ1) is 23.9. The molecule has 0 amide bonds. The first-order valence-corrected chi connectivity index (χ1v) is 12.3. The summed E-state index contributed by atoms with van der Waals surface area (Å²) in [7, 11) is 0. The normalized spacial score (nSPS) is 22.5. The number of aryl methyl sites for hydroxylation is 1. The van der Waals surface area contributed by atoms with Gasteiger partial charge in [-0.25, -0.2) is 8.78 Å². The van der Waals surface area contributed by atoms with Crippen LogP contribution in [0.3, 0.4) is 0 Å². The zero-order chi connectivity index (χ0) is 22.1. The topological polar surface area (TPSA) is 3.24 Å². The highest BCUT2D eigenvalue weighted by atomic mass is 19.2. The summed E-state index contributed by atoms with van der Waals surface area (Å²) in [5, 5.41) is 0. The summed E-state index contributed by atoms with van der Waals surface area (Å²) < 4.78 is 27.2. The van der Waals surface area contributed by atoms with E-state index in [1.807, 2.05) is 0 Å². The minimum absolute atomic E-state index is 0.164. The van der Waals surface area contributed by atoms with Crippen LogP contribution in [-0.2, 0) is 12.8 Å². The van der Waals surface area contributed by atoms with Crippen molar-refractivity contribution < 1.29 is 8.78 Å². The van der Waals surface area contributed by atoms with E-state index in [0.717, 1.165) is 45.2 Å². The predicted octanol–water partition coefficient (Wildman–Crippen LogP) is 7.30. The van der Waals surface area contributed by atoms with E-state index in [0.29, 0.717) is 18.9 Å². The molecule has 0 N–H and O–H groups in total. The summed E-state index contributed by atoms with van der Waals surface area (Å²) in [5.74, 6) is 0.164. The largest absolute Gasteiger partial charge is 0.300 e. The molecule has 3 rings (SSSR count). The lowest BCUT2D eigenvalue weighted by Gasteiger charge is -2.31. The van der Waals surface area contributed by atoms with Crippen LogP contribution >= 0.6 is 0 Å². The smallest absolute Gasteiger partial charge is 0.132 e. The van der Waals surface area contributed by atoms with Crippen molar-refractivity contribution >= 4 is 0 Å². The third kappa shape index (κ3) is 7.14. The molecule has 1 aliphatic rings. The molecule has 1 aliphatic carbocycles. The number of hydrogen-bond donors (Lipinski definition) is 0. The van der Waals surface area contributed by atoms with Crippen molar-refractivity contribution in [2.75, 3.05) is 13.1 Å². The first-order valence-electron chi connectivity index (χ1n) is 12.3. The molecule has 170 valence electrons. The van der Waals surface area contributed by atoms with Crippen LogP contribution in [0, 0.1) is 0 Å². The summed E-state index contributed by atoms with van der Waals surface area (Å²) in [6.07, 6.45) is 4.52. The molecular weight excluding hydrogens is 388 g/mol. The molecule has 2 aromatic carbocycles. The van der Waals surface area contributed by atoms with Gasteiger partial charge < -0.3 is 4.90 Å². The van der Waals surface area contributed by atoms with Gasteiger partial charge in [-0.2, -0.15) is 0 Å². The fraction of sp³-hybridized carbons (Fsp3) is 0.571. The lowest BCUT2D eigenvalue weighted by molar-refractivity contribution is 0.108. The van der Waals surface area contributed by atoms with Crippen molar-refractivity contribution in [1.82, 2.24) is 4.90 Å². The second-order valence-electron chi connectivity index (χ2n) is 9.16. The molecule has 2 aromatic rings. The Labute approximate surface area is 187 Å². The molecule has 31 heavy (non-hydrogen) atoms. The van der Waals surface area contributed by atoms with Gasteiger partial charge in [0.05, 0.1) is 0 Å². The van der Waals surface area contributed by atoms with Gasteiger partial charge >= 0.3 is 0 Å². The van der Waals surface area contributed by atoms with E-state index in [9.17, 15) is 8.78 Å². The Bertz CT molecular complexity index is 745. The molecule has 3 heteroatoms. The molecule has 0 bridgehead atoms. The average molecular weight is 428 g/mol. The highest BCUT2D eigenvalue weighted by Gasteiger charge is 2.31. The molecule has 0 spiro atoms. The maximum Gasteiger partial charge on any atom is 0.132 e. The molecule has 1 nitrogen and oxygen atoms in total. The van der Waals surface area contributed by atoms with Crippen LogP contribution < -0.4 is 0 Å². The number of halogens is 2. The molecule has 0 aliphatic heterocycles. The van der Waals surface area contributed by atoms with Gasteiger partial charge in [0.25, 0.3) is 0 Å². The summed E-state index contributed by atoms with van der Waals surface area (Å²) in [5.41, 5.74) is 3.92. The first-order chi connectivity index (χ1) is 15.1. The van der Waals surface area contributed by atoms with Crippen LogP contribution in [0.4, 0.5) is 8.78 Å². The van der Waals surface area contributed by atoms with E-state index in [-0.39, 0.29) is 5.92 Å². The van der Waals surface area contributed by atoms with E-state index in [2.05, 4.69) is 73.3 Å². The zero-order valence-electron chi connectivity index (χ0n) is 19.3.